The third kappa shape index (κ3) is 8.69. The Morgan fingerprint density at radius 1 is 0.918 bits per heavy atom. The van der Waals surface area contributed by atoms with E-state index in [1.165, 1.54) is 5.56 Å². The quantitative estimate of drug-likeness (QED) is 0.124. The number of imidazole rings is 1. The highest BCUT2D eigenvalue weighted by molar-refractivity contribution is 5.96. The average Bonchev–Trinajstić information content (AvgIpc) is 3.55. The van der Waals surface area contributed by atoms with E-state index in [1.54, 1.807) is 12.3 Å². The van der Waals surface area contributed by atoms with Crippen molar-refractivity contribution in [1.29, 1.82) is 0 Å². The molecule has 1 aliphatic carbocycles. The topological polar surface area (TPSA) is 110 Å². The van der Waals surface area contributed by atoms with Crippen molar-refractivity contribution in [3.05, 3.63) is 114 Å². The average molecular weight is 663 g/mol. The molecule has 0 spiro atoms. The third-order valence-electron chi connectivity index (χ3n) is 8.92. The molecule has 10 heteroatoms. The van der Waals surface area contributed by atoms with Gasteiger partial charge in [0, 0.05) is 30.0 Å². The van der Waals surface area contributed by atoms with Crippen molar-refractivity contribution in [2.75, 3.05) is 6.54 Å². The molecule has 2 aromatic carbocycles. The number of carbonyl (C=O) groups excluding carboxylic acids is 2. The Hall–Kier alpha value is -5.09. The number of hydrogen-bond donors (Lipinski definition) is 3. The van der Waals surface area contributed by atoms with Gasteiger partial charge in [0.2, 0.25) is 5.88 Å². The molecule has 1 aliphatic rings. The number of nitrogens with zero attached hydrogens (tertiary/aromatic N) is 3. The molecular weight excluding hydrogens is 619 g/mol. The highest BCUT2D eigenvalue weighted by Gasteiger charge is 2.26. The number of aryl methyl sites for hydroxylation is 2. The number of halogens is 1. The fourth-order valence-electron chi connectivity index (χ4n) is 6.23. The van der Waals surface area contributed by atoms with E-state index < -0.39 is 11.7 Å². The lowest BCUT2D eigenvalue weighted by atomic mass is 9.91. The van der Waals surface area contributed by atoms with Gasteiger partial charge in [0.05, 0.1) is 6.20 Å². The molecule has 0 unspecified atom stereocenters. The van der Waals surface area contributed by atoms with Gasteiger partial charge in [-0.1, -0.05) is 56.3 Å². The van der Waals surface area contributed by atoms with E-state index >= 15 is 0 Å². The lowest BCUT2D eigenvalue weighted by Gasteiger charge is -2.29. The summed E-state index contributed by atoms with van der Waals surface area (Å²) in [4.78, 5) is 34.9. The minimum atomic E-state index is -0.625. The van der Waals surface area contributed by atoms with Crippen LogP contribution in [0.25, 0.3) is 16.8 Å². The summed E-state index contributed by atoms with van der Waals surface area (Å²) in [6.45, 7) is 7.26. The largest absolute Gasteiger partial charge is 0.438 e. The van der Waals surface area contributed by atoms with Gasteiger partial charge < -0.3 is 25.1 Å². The molecule has 3 heterocycles. The molecule has 2 amide bonds. The molecule has 49 heavy (non-hydrogen) atoms. The molecule has 9 nitrogen and oxygen atoms in total. The van der Waals surface area contributed by atoms with Crippen LogP contribution in [-0.4, -0.2) is 50.9 Å². The monoisotopic (exact) mass is 662 g/mol. The Morgan fingerprint density at radius 2 is 1.63 bits per heavy atom. The van der Waals surface area contributed by atoms with Crippen LogP contribution in [0, 0.1) is 12.7 Å². The molecule has 3 N–H and O–H groups in total. The molecule has 0 radical (unpaired) electrons. The zero-order chi connectivity index (χ0) is 34.3. The van der Waals surface area contributed by atoms with E-state index in [1.807, 2.05) is 47.7 Å². The van der Waals surface area contributed by atoms with Crippen molar-refractivity contribution in [3.8, 4) is 22.8 Å². The molecule has 6 rings (SSSR count). The predicted octanol–water partition coefficient (Wildman–Crippen LogP) is 7.04. The molecule has 1 saturated carbocycles. The van der Waals surface area contributed by atoms with Gasteiger partial charge >= 0.3 is 0 Å². The Morgan fingerprint density at radius 3 is 2.35 bits per heavy atom. The predicted molar refractivity (Wildman–Crippen MR) is 189 cm³/mol. The normalized spacial score (nSPS) is 16.1. The van der Waals surface area contributed by atoms with Gasteiger partial charge in [-0.15, -0.1) is 0 Å². The van der Waals surface area contributed by atoms with Crippen LogP contribution in [-0.2, 0) is 6.42 Å². The molecule has 0 aliphatic heterocycles. The number of hydrogen-bond acceptors (Lipinski definition) is 6. The fraction of sp³-hybridized carbons (Fsp3) is 0.333. The van der Waals surface area contributed by atoms with Gasteiger partial charge in [0.15, 0.2) is 0 Å². The first kappa shape index (κ1) is 33.8. The van der Waals surface area contributed by atoms with Gasteiger partial charge in [0.1, 0.15) is 28.5 Å². The minimum Gasteiger partial charge on any atom is -0.438 e. The summed E-state index contributed by atoms with van der Waals surface area (Å²) >= 11 is 0. The molecule has 0 bridgehead atoms. The number of aromatic nitrogens is 3. The Balaban J connectivity index is 1.04. The number of pyridine rings is 2. The van der Waals surface area contributed by atoms with E-state index in [4.69, 9.17) is 4.74 Å². The molecule has 5 aromatic rings. The van der Waals surface area contributed by atoms with Crippen molar-refractivity contribution < 1.29 is 18.7 Å². The van der Waals surface area contributed by atoms with Crippen LogP contribution < -0.4 is 20.7 Å². The summed E-state index contributed by atoms with van der Waals surface area (Å²) in [7, 11) is 0. The van der Waals surface area contributed by atoms with Crippen LogP contribution >= 0.6 is 0 Å². The summed E-state index contributed by atoms with van der Waals surface area (Å²) in [6.07, 6.45) is 7.58. The summed E-state index contributed by atoms with van der Waals surface area (Å²) in [5.41, 5.74) is 5.41. The van der Waals surface area contributed by atoms with E-state index in [9.17, 15) is 14.0 Å². The summed E-state index contributed by atoms with van der Waals surface area (Å²) in [5, 5.41) is 9.56. The Kier molecular flexibility index (Phi) is 10.6. The van der Waals surface area contributed by atoms with Crippen molar-refractivity contribution in [2.24, 2.45) is 0 Å². The Labute approximate surface area is 286 Å². The first-order chi connectivity index (χ1) is 23.7. The number of rotatable bonds is 12. The number of fused-ring (bicyclic) bond motifs is 1. The fourth-order valence-corrected chi connectivity index (χ4v) is 6.23. The number of benzene rings is 2. The zero-order valence-corrected chi connectivity index (χ0v) is 28.2. The second-order valence-electron chi connectivity index (χ2n) is 13.1. The van der Waals surface area contributed by atoms with Gasteiger partial charge in [0.25, 0.3) is 11.8 Å². The minimum absolute atomic E-state index is 0.0271. The van der Waals surface area contributed by atoms with E-state index in [2.05, 4.69) is 64.0 Å². The number of carbonyl (C=O) groups is 2. The lowest BCUT2D eigenvalue weighted by Crippen LogP contribution is -2.44. The van der Waals surface area contributed by atoms with E-state index in [-0.39, 0.29) is 29.4 Å². The van der Waals surface area contributed by atoms with Crippen LogP contribution in [0.4, 0.5) is 4.39 Å². The smallest absolute Gasteiger partial charge is 0.271 e. The molecule has 254 valence electrons. The maximum atomic E-state index is 14.3. The third-order valence-corrected chi connectivity index (χ3v) is 8.92. The molecular formula is C39H43FN6O3. The summed E-state index contributed by atoms with van der Waals surface area (Å²) in [5.74, 6) is -0.768. The van der Waals surface area contributed by atoms with Gasteiger partial charge in [-0.3, -0.25) is 9.59 Å². The molecule has 0 atom stereocenters. The SMILES string of the molecule is Cc1cccc2nc(C(=O)NC3CCC(NC(=O)c4cc(F)cnc4Oc4cccc(-c5ccc(CCCNC(C)C)cc5)c4)CC3)cn12. The highest BCUT2D eigenvalue weighted by Crippen LogP contribution is 2.29. The maximum absolute atomic E-state index is 14.3. The molecule has 0 saturated heterocycles. The van der Waals surface area contributed by atoms with Crippen molar-refractivity contribution >= 4 is 17.5 Å². The number of nitrogens with one attached hydrogen (secondary N) is 3. The summed E-state index contributed by atoms with van der Waals surface area (Å²) < 4.78 is 22.3. The molecule has 1 fully saturated rings. The Bertz CT molecular complexity index is 1910. The second-order valence-corrected chi connectivity index (χ2v) is 13.1. The first-order valence-corrected chi connectivity index (χ1v) is 17.0. The van der Waals surface area contributed by atoms with Crippen molar-refractivity contribution in [1.82, 2.24) is 30.3 Å². The highest BCUT2D eigenvalue weighted by atomic mass is 19.1. The lowest BCUT2D eigenvalue weighted by molar-refractivity contribution is 0.0888. The van der Waals surface area contributed by atoms with Crippen LogP contribution in [0.5, 0.6) is 11.6 Å². The van der Waals surface area contributed by atoms with E-state index in [0.29, 0.717) is 43.2 Å². The van der Waals surface area contributed by atoms with Crippen LogP contribution in [0.1, 0.15) is 78.1 Å². The van der Waals surface area contributed by atoms with Crippen molar-refractivity contribution in [3.63, 3.8) is 0 Å². The van der Waals surface area contributed by atoms with Crippen LogP contribution in [0.2, 0.25) is 0 Å². The van der Waals surface area contributed by atoms with Gasteiger partial charge in [-0.05, 0) is 99.0 Å². The van der Waals surface area contributed by atoms with E-state index in [0.717, 1.165) is 54.1 Å². The second kappa shape index (κ2) is 15.4. The standard InChI is InChI=1S/C39H43FN6O3/c1-25(2)41-20-6-8-27-12-14-28(15-13-27)29-9-5-10-33(21-29)49-39-34(22-30(40)23-42-39)37(47)43-31-16-18-32(19-17-31)44-38(48)35-24-46-26(3)7-4-11-36(46)45-35/h4-5,7,9-15,21-25,31-32,41H,6,8,16-20H2,1-3H3,(H,43,47)(H,44,48). The van der Waals surface area contributed by atoms with Crippen molar-refractivity contribution in [2.45, 2.75) is 77.4 Å². The summed E-state index contributed by atoms with van der Waals surface area (Å²) in [6, 6.07) is 23.3. The van der Waals surface area contributed by atoms with Gasteiger partial charge in [-0.25, -0.2) is 14.4 Å². The zero-order valence-electron chi connectivity index (χ0n) is 28.2. The molecule has 3 aromatic heterocycles. The number of ether oxygens (including phenoxy) is 1. The van der Waals surface area contributed by atoms with Crippen LogP contribution in [0.3, 0.4) is 0 Å². The first-order valence-electron chi connectivity index (χ1n) is 17.0. The number of amides is 2. The van der Waals surface area contributed by atoms with Crippen LogP contribution in [0.15, 0.2) is 85.2 Å². The maximum Gasteiger partial charge on any atom is 0.271 e. The van der Waals surface area contributed by atoms with Gasteiger partial charge in [-0.2, -0.15) is 0 Å².